The number of hydrogen-bond donors (Lipinski definition) is 0. The van der Waals surface area contributed by atoms with Crippen LogP contribution in [0, 0.1) is 0 Å². The van der Waals surface area contributed by atoms with Crippen molar-refractivity contribution in [3.05, 3.63) is 206 Å². The molecule has 10 aromatic carbocycles. The summed E-state index contributed by atoms with van der Waals surface area (Å²) in [7, 11) is 0. The molecule has 0 bridgehead atoms. The summed E-state index contributed by atoms with van der Waals surface area (Å²) in [6.45, 7) is 0. The average Bonchev–Trinajstić information content (AvgIpc) is 4.05. The van der Waals surface area contributed by atoms with Gasteiger partial charge in [-0.3, -0.25) is 0 Å². The zero-order valence-electron chi connectivity index (χ0n) is 34.7. The Labute approximate surface area is 376 Å². The standard InChI is InChI=1S/C59H34N4OS/c1-2-15-35(16-3-1)57-60-58(62-59(61-57)44-24-14-28-53-54(44)43-23-10-13-27-52(43)65-53)39-29-30-49(63-48-25-11-8-21-41(48)45-31-36-17-4-5-18-37(36)34-50(45)63)46(33-39)47-32-38-19-6-7-20-40(38)56-55(47)42-22-9-12-26-51(42)64-56/h1-34H. The maximum absolute atomic E-state index is 6.81. The second kappa shape index (κ2) is 14.0. The maximum atomic E-state index is 6.81. The Balaban J connectivity index is 1.10. The smallest absolute Gasteiger partial charge is 0.164 e. The molecule has 5 nitrogen and oxygen atoms in total. The van der Waals surface area contributed by atoms with Crippen LogP contribution in [-0.2, 0) is 0 Å². The van der Waals surface area contributed by atoms with Gasteiger partial charge in [-0.2, -0.15) is 0 Å². The van der Waals surface area contributed by atoms with Crippen LogP contribution in [0.15, 0.2) is 211 Å². The molecular formula is C59H34N4OS. The van der Waals surface area contributed by atoms with E-state index in [2.05, 4.69) is 187 Å². The number of aromatic nitrogens is 4. The minimum Gasteiger partial charge on any atom is -0.455 e. The van der Waals surface area contributed by atoms with Crippen LogP contribution < -0.4 is 0 Å². The van der Waals surface area contributed by atoms with E-state index in [0.29, 0.717) is 17.5 Å². The third-order valence-electron chi connectivity index (χ3n) is 13.0. The number of furan rings is 1. The van der Waals surface area contributed by atoms with Gasteiger partial charge in [-0.25, -0.2) is 15.0 Å². The molecule has 4 aromatic heterocycles. The fourth-order valence-corrected chi connectivity index (χ4v) is 11.2. The molecule has 0 radical (unpaired) electrons. The lowest BCUT2D eigenvalue weighted by Crippen LogP contribution is -2.02. The first-order chi connectivity index (χ1) is 32.2. The molecule has 0 aliphatic carbocycles. The molecule has 0 fully saturated rings. The quantitative estimate of drug-likeness (QED) is 0.173. The van der Waals surface area contributed by atoms with E-state index >= 15 is 0 Å². The first-order valence-corrected chi connectivity index (χ1v) is 22.7. The van der Waals surface area contributed by atoms with Crippen molar-refractivity contribution in [3.63, 3.8) is 0 Å². The van der Waals surface area contributed by atoms with Crippen LogP contribution in [0.1, 0.15) is 0 Å². The van der Waals surface area contributed by atoms with Crippen molar-refractivity contribution >= 4 is 96.8 Å². The van der Waals surface area contributed by atoms with Gasteiger partial charge in [0.25, 0.3) is 0 Å². The minimum atomic E-state index is 0.598. The molecule has 0 aliphatic rings. The lowest BCUT2D eigenvalue weighted by Gasteiger charge is -2.18. The Hall–Kier alpha value is -8.45. The summed E-state index contributed by atoms with van der Waals surface area (Å²) in [5, 5.41) is 11.5. The summed E-state index contributed by atoms with van der Waals surface area (Å²) in [6, 6.07) is 73.3. The first kappa shape index (κ1) is 36.1. The molecule has 0 aliphatic heterocycles. The van der Waals surface area contributed by atoms with E-state index in [1.165, 1.54) is 36.3 Å². The van der Waals surface area contributed by atoms with Gasteiger partial charge in [0.15, 0.2) is 17.5 Å². The summed E-state index contributed by atoms with van der Waals surface area (Å²) >= 11 is 1.80. The van der Waals surface area contributed by atoms with Gasteiger partial charge in [0.2, 0.25) is 0 Å². The highest BCUT2D eigenvalue weighted by atomic mass is 32.1. The number of para-hydroxylation sites is 2. The summed E-state index contributed by atoms with van der Waals surface area (Å²) < 4.78 is 11.7. The molecule has 14 aromatic rings. The number of thiophene rings is 1. The molecule has 302 valence electrons. The van der Waals surface area contributed by atoms with Gasteiger partial charge in [0, 0.05) is 69.4 Å². The Bertz CT molecular complexity index is 4260. The predicted molar refractivity (Wildman–Crippen MR) is 271 cm³/mol. The Kier molecular flexibility index (Phi) is 7.79. The van der Waals surface area contributed by atoms with Crippen molar-refractivity contribution in [1.82, 2.24) is 19.5 Å². The van der Waals surface area contributed by atoms with Crippen molar-refractivity contribution < 1.29 is 4.42 Å². The van der Waals surface area contributed by atoms with Crippen LogP contribution in [0.25, 0.3) is 136 Å². The number of hydrogen-bond acceptors (Lipinski definition) is 5. The average molecular weight is 847 g/mol. The van der Waals surface area contributed by atoms with Gasteiger partial charge >= 0.3 is 0 Å². The zero-order valence-corrected chi connectivity index (χ0v) is 35.6. The largest absolute Gasteiger partial charge is 0.455 e. The van der Waals surface area contributed by atoms with Gasteiger partial charge in [-0.15, -0.1) is 11.3 Å². The molecule has 0 saturated heterocycles. The summed E-state index contributed by atoms with van der Waals surface area (Å²) in [5.41, 5.74) is 9.93. The Morgan fingerprint density at radius 1 is 0.369 bits per heavy atom. The zero-order chi connectivity index (χ0) is 42.6. The van der Waals surface area contributed by atoms with Crippen molar-refractivity contribution in [3.8, 4) is 51.0 Å². The normalized spacial score (nSPS) is 12.0. The molecular weight excluding hydrogens is 813 g/mol. The molecule has 0 N–H and O–H groups in total. The van der Waals surface area contributed by atoms with E-state index in [-0.39, 0.29) is 0 Å². The summed E-state index contributed by atoms with van der Waals surface area (Å²) in [5.74, 6) is 1.85. The van der Waals surface area contributed by atoms with Crippen LogP contribution in [0.4, 0.5) is 0 Å². The SMILES string of the molecule is c1ccc(-c2nc(-c3ccc(-n4c5ccccc5c5cc6ccccc6cc54)c(-c4cc5ccccc5c5oc6ccccc6c45)c3)nc(-c3cccc4sc5ccccc5c34)n2)cc1. The highest BCUT2D eigenvalue weighted by molar-refractivity contribution is 7.25. The number of benzene rings is 10. The van der Waals surface area contributed by atoms with E-state index in [1.807, 2.05) is 24.3 Å². The number of rotatable bonds is 5. The molecule has 0 unspecified atom stereocenters. The number of nitrogens with zero attached hydrogens (tertiary/aromatic N) is 4. The van der Waals surface area contributed by atoms with Gasteiger partial charge in [0.1, 0.15) is 11.2 Å². The molecule has 0 saturated carbocycles. The van der Waals surface area contributed by atoms with Crippen LogP contribution >= 0.6 is 11.3 Å². The second-order valence-corrected chi connectivity index (χ2v) is 17.8. The Morgan fingerprint density at radius 3 is 1.89 bits per heavy atom. The van der Waals surface area contributed by atoms with Gasteiger partial charge in [-0.1, -0.05) is 146 Å². The van der Waals surface area contributed by atoms with Gasteiger partial charge in [0.05, 0.1) is 16.7 Å². The second-order valence-electron chi connectivity index (χ2n) is 16.7. The third-order valence-corrected chi connectivity index (χ3v) is 14.1. The molecule has 0 amide bonds. The van der Waals surface area contributed by atoms with Crippen LogP contribution in [-0.4, -0.2) is 19.5 Å². The monoisotopic (exact) mass is 846 g/mol. The minimum absolute atomic E-state index is 0.598. The Morgan fingerprint density at radius 2 is 1.03 bits per heavy atom. The highest BCUT2D eigenvalue weighted by Gasteiger charge is 2.24. The first-order valence-electron chi connectivity index (χ1n) is 21.8. The molecule has 4 heterocycles. The van der Waals surface area contributed by atoms with E-state index in [4.69, 9.17) is 19.4 Å². The molecule has 14 rings (SSSR count). The molecule has 65 heavy (non-hydrogen) atoms. The van der Waals surface area contributed by atoms with E-state index in [0.717, 1.165) is 82.6 Å². The molecule has 0 atom stereocenters. The maximum Gasteiger partial charge on any atom is 0.164 e. The highest BCUT2D eigenvalue weighted by Crippen LogP contribution is 2.46. The van der Waals surface area contributed by atoms with Gasteiger partial charge in [-0.05, 0) is 82.4 Å². The van der Waals surface area contributed by atoms with Crippen molar-refractivity contribution in [1.29, 1.82) is 0 Å². The van der Waals surface area contributed by atoms with Crippen molar-refractivity contribution in [2.75, 3.05) is 0 Å². The third kappa shape index (κ3) is 5.54. The molecule has 0 spiro atoms. The van der Waals surface area contributed by atoms with Crippen LogP contribution in [0.2, 0.25) is 0 Å². The summed E-state index contributed by atoms with van der Waals surface area (Å²) in [6.07, 6.45) is 0. The topological polar surface area (TPSA) is 56.7 Å². The summed E-state index contributed by atoms with van der Waals surface area (Å²) in [4.78, 5) is 15.9. The predicted octanol–water partition coefficient (Wildman–Crippen LogP) is 16.2. The number of fused-ring (bicyclic) bond motifs is 12. The van der Waals surface area contributed by atoms with Gasteiger partial charge < -0.3 is 8.98 Å². The van der Waals surface area contributed by atoms with E-state index in [9.17, 15) is 0 Å². The lowest BCUT2D eigenvalue weighted by molar-refractivity contribution is 0.673. The lowest BCUT2D eigenvalue weighted by atomic mass is 9.93. The fourth-order valence-electron chi connectivity index (χ4n) is 10.1. The van der Waals surface area contributed by atoms with Crippen LogP contribution in [0.3, 0.4) is 0 Å². The van der Waals surface area contributed by atoms with E-state index in [1.54, 1.807) is 11.3 Å². The van der Waals surface area contributed by atoms with Crippen molar-refractivity contribution in [2.45, 2.75) is 0 Å². The van der Waals surface area contributed by atoms with Crippen molar-refractivity contribution in [2.24, 2.45) is 0 Å². The fraction of sp³-hybridized carbons (Fsp3) is 0. The van der Waals surface area contributed by atoms with Crippen LogP contribution in [0.5, 0.6) is 0 Å². The van der Waals surface area contributed by atoms with E-state index < -0.39 is 0 Å². The molecule has 6 heteroatoms.